The van der Waals surface area contributed by atoms with E-state index in [1.807, 2.05) is 0 Å². The summed E-state index contributed by atoms with van der Waals surface area (Å²) in [5.74, 6) is 3.47. The highest BCUT2D eigenvalue weighted by atomic mass is 15.1. The Balaban J connectivity index is 1.06. The topological polar surface area (TPSA) is 3.24 Å². The summed E-state index contributed by atoms with van der Waals surface area (Å²) < 4.78 is 0. The maximum Gasteiger partial charge on any atom is 0.0462 e. The van der Waals surface area contributed by atoms with Crippen LogP contribution in [0.3, 0.4) is 0 Å². The lowest BCUT2D eigenvalue weighted by molar-refractivity contribution is 0.296. The smallest absolute Gasteiger partial charge is 0.0462 e. The quantitative estimate of drug-likeness (QED) is 0.186. The number of fused-ring (bicyclic) bond motifs is 5. The molecule has 9 rings (SSSR count). The molecule has 3 aliphatic rings. The molecule has 0 amide bonds. The van der Waals surface area contributed by atoms with Crippen LogP contribution in [0, 0.1) is 18.8 Å². The highest BCUT2D eigenvalue weighted by Gasteiger charge is 2.46. The number of nitrogens with zero attached hydrogens (tertiary/aromatic N) is 1. The van der Waals surface area contributed by atoms with Crippen LogP contribution in [-0.4, -0.2) is 0 Å². The molecule has 2 fully saturated rings. The molecule has 0 N–H and O–H groups in total. The fraction of sp³-hybridized carbons (Fsp3) is 0.200. The fourth-order valence-electron chi connectivity index (χ4n) is 8.87. The average Bonchev–Trinajstić information content (AvgIpc) is 3.36. The first-order valence-corrected chi connectivity index (χ1v) is 17.0. The molecule has 1 nitrogen and oxygen atoms in total. The Morgan fingerprint density at radius 1 is 0.435 bits per heavy atom. The second kappa shape index (κ2) is 11.2. The summed E-state index contributed by atoms with van der Waals surface area (Å²) in [5, 5.41) is 0. The zero-order chi connectivity index (χ0) is 30.6. The summed E-state index contributed by atoms with van der Waals surface area (Å²) in [7, 11) is 0. The maximum atomic E-state index is 2.55. The third-order valence-electron chi connectivity index (χ3n) is 11.1. The fourth-order valence-corrected chi connectivity index (χ4v) is 8.87. The van der Waals surface area contributed by atoms with Gasteiger partial charge in [-0.05, 0) is 137 Å². The molecule has 0 heterocycles. The van der Waals surface area contributed by atoms with E-state index in [0.29, 0.717) is 0 Å². The van der Waals surface area contributed by atoms with E-state index in [1.54, 1.807) is 11.1 Å². The number of hydrogen-bond acceptors (Lipinski definition) is 1. The Labute approximate surface area is 273 Å². The summed E-state index contributed by atoms with van der Waals surface area (Å²) in [5.41, 5.74) is 15.6. The number of rotatable bonds is 6. The zero-order valence-electron chi connectivity index (χ0n) is 26.4. The predicted molar refractivity (Wildman–Crippen MR) is 193 cm³/mol. The average molecular weight is 594 g/mol. The van der Waals surface area contributed by atoms with Gasteiger partial charge < -0.3 is 4.90 Å². The van der Waals surface area contributed by atoms with Gasteiger partial charge in [-0.3, -0.25) is 0 Å². The Morgan fingerprint density at radius 2 is 0.935 bits per heavy atom. The van der Waals surface area contributed by atoms with Gasteiger partial charge in [0, 0.05) is 17.1 Å². The third-order valence-corrected chi connectivity index (χ3v) is 11.1. The number of anilines is 3. The van der Waals surface area contributed by atoms with Crippen molar-refractivity contribution in [1.82, 2.24) is 0 Å². The number of benzene rings is 6. The van der Waals surface area contributed by atoms with Crippen molar-refractivity contribution in [3.05, 3.63) is 162 Å². The van der Waals surface area contributed by atoms with E-state index >= 15 is 0 Å². The third kappa shape index (κ3) is 4.86. The van der Waals surface area contributed by atoms with Gasteiger partial charge in [-0.1, -0.05) is 115 Å². The van der Waals surface area contributed by atoms with Gasteiger partial charge in [-0.2, -0.15) is 0 Å². The lowest BCUT2D eigenvalue weighted by Gasteiger charge is -2.36. The van der Waals surface area contributed by atoms with Crippen LogP contribution in [0.1, 0.15) is 54.2 Å². The molecule has 6 aromatic carbocycles. The molecular formula is C45H39N. The monoisotopic (exact) mass is 593 g/mol. The van der Waals surface area contributed by atoms with Crippen LogP contribution in [0.25, 0.3) is 33.4 Å². The summed E-state index contributed by atoms with van der Waals surface area (Å²) in [4.78, 5) is 2.38. The Hall–Kier alpha value is -4.88. The molecule has 2 saturated carbocycles. The van der Waals surface area contributed by atoms with Gasteiger partial charge in [0.2, 0.25) is 0 Å². The first-order chi connectivity index (χ1) is 22.7. The van der Waals surface area contributed by atoms with E-state index in [0.717, 1.165) is 40.7 Å². The molecule has 4 atom stereocenters. The van der Waals surface area contributed by atoms with Gasteiger partial charge >= 0.3 is 0 Å². The highest BCUT2D eigenvalue weighted by Crippen LogP contribution is 2.60. The van der Waals surface area contributed by atoms with E-state index in [4.69, 9.17) is 0 Å². The summed E-state index contributed by atoms with van der Waals surface area (Å²) in [6, 6.07) is 54.0. The highest BCUT2D eigenvalue weighted by molar-refractivity contribution is 5.81. The normalized spacial score (nSPS) is 20.8. The summed E-state index contributed by atoms with van der Waals surface area (Å²) in [6.07, 6.45) is 5.73. The van der Waals surface area contributed by atoms with Gasteiger partial charge in [0.25, 0.3) is 0 Å². The SMILES string of the molecule is Cc1ccc(-c2ccc(N(c3ccc(-c4ccccc4)cc3)c3ccc(-c4ccc5c(c4)C4CC6CC5CC4C6)cc3)cc2)cc1. The molecule has 0 saturated heterocycles. The van der Waals surface area contributed by atoms with Crippen molar-refractivity contribution in [2.75, 3.05) is 4.90 Å². The minimum absolute atomic E-state index is 0.787. The van der Waals surface area contributed by atoms with Crippen molar-refractivity contribution in [2.24, 2.45) is 11.8 Å². The lowest BCUT2D eigenvalue weighted by Crippen LogP contribution is -2.22. The zero-order valence-corrected chi connectivity index (χ0v) is 26.4. The molecule has 46 heavy (non-hydrogen) atoms. The van der Waals surface area contributed by atoms with E-state index in [-0.39, 0.29) is 0 Å². The van der Waals surface area contributed by atoms with Crippen LogP contribution in [-0.2, 0) is 0 Å². The minimum atomic E-state index is 0.787. The van der Waals surface area contributed by atoms with Crippen LogP contribution in [0.4, 0.5) is 17.1 Å². The second-order valence-corrected chi connectivity index (χ2v) is 13.9. The molecule has 6 aromatic rings. The number of aryl methyl sites for hydroxylation is 1. The van der Waals surface area contributed by atoms with Crippen LogP contribution in [0.5, 0.6) is 0 Å². The molecule has 0 aliphatic heterocycles. The van der Waals surface area contributed by atoms with E-state index in [9.17, 15) is 0 Å². The van der Waals surface area contributed by atoms with E-state index in [1.165, 1.54) is 64.6 Å². The Bertz CT molecular complexity index is 1980. The maximum absolute atomic E-state index is 2.55. The largest absolute Gasteiger partial charge is 0.311 e. The van der Waals surface area contributed by atoms with E-state index in [2.05, 4.69) is 157 Å². The van der Waals surface area contributed by atoms with Gasteiger partial charge in [-0.25, -0.2) is 0 Å². The molecule has 3 aliphatic carbocycles. The van der Waals surface area contributed by atoms with Crippen molar-refractivity contribution >= 4 is 17.1 Å². The molecule has 4 unspecified atom stereocenters. The van der Waals surface area contributed by atoms with Crippen LogP contribution < -0.4 is 4.90 Å². The minimum Gasteiger partial charge on any atom is -0.311 e. The first-order valence-electron chi connectivity index (χ1n) is 17.0. The van der Waals surface area contributed by atoms with Gasteiger partial charge in [0.15, 0.2) is 0 Å². The van der Waals surface area contributed by atoms with Crippen molar-refractivity contribution in [3.8, 4) is 33.4 Å². The second-order valence-electron chi connectivity index (χ2n) is 13.9. The summed E-state index contributed by atoms with van der Waals surface area (Å²) >= 11 is 0. The molecule has 224 valence electrons. The van der Waals surface area contributed by atoms with Crippen molar-refractivity contribution in [1.29, 1.82) is 0 Å². The molecular weight excluding hydrogens is 555 g/mol. The number of hydrogen-bond donors (Lipinski definition) is 0. The summed E-state index contributed by atoms with van der Waals surface area (Å²) in [6.45, 7) is 2.14. The van der Waals surface area contributed by atoms with Crippen LogP contribution in [0.15, 0.2) is 146 Å². The molecule has 0 aromatic heterocycles. The van der Waals surface area contributed by atoms with Crippen LogP contribution >= 0.6 is 0 Å². The molecule has 0 radical (unpaired) electrons. The molecule has 3 bridgehead atoms. The van der Waals surface area contributed by atoms with Crippen molar-refractivity contribution in [3.63, 3.8) is 0 Å². The van der Waals surface area contributed by atoms with E-state index < -0.39 is 0 Å². The lowest BCUT2D eigenvalue weighted by atomic mass is 9.68. The van der Waals surface area contributed by atoms with Gasteiger partial charge in [0.1, 0.15) is 0 Å². The van der Waals surface area contributed by atoms with Crippen molar-refractivity contribution in [2.45, 2.75) is 44.4 Å². The molecule has 0 spiro atoms. The Morgan fingerprint density at radius 3 is 1.52 bits per heavy atom. The Kier molecular flexibility index (Phi) is 6.66. The van der Waals surface area contributed by atoms with Gasteiger partial charge in [-0.15, -0.1) is 0 Å². The first kappa shape index (κ1) is 27.4. The standard InChI is InChI=1S/C45H39N/c1-30-7-9-33(10-8-30)35-13-20-41(21-14-35)46(40-18-11-34(12-19-40)32-5-3-2-4-6-32)42-22-15-36(16-23-42)37-17-24-43-38-25-31-26-39(28-38)44(27-31)45(43)29-37/h2-24,29,31,38-39,44H,25-28H2,1H3. The van der Waals surface area contributed by atoms with Crippen molar-refractivity contribution < 1.29 is 0 Å². The predicted octanol–water partition coefficient (Wildman–Crippen LogP) is 12.5. The molecule has 1 heteroatoms. The van der Waals surface area contributed by atoms with Gasteiger partial charge in [0.05, 0.1) is 0 Å². The van der Waals surface area contributed by atoms with Crippen LogP contribution in [0.2, 0.25) is 0 Å².